The van der Waals surface area contributed by atoms with E-state index in [-0.39, 0.29) is 21.3 Å². The molecule has 3 rings (SSSR count). The average Bonchev–Trinajstić information content (AvgIpc) is 3.23. The second-order valence-corrected chi connectivity index (χ2v) is 8.85. The number of sulfonamides is 1. The maximum absolute atomic E-state index is 12.9. The zero-order valence-corrected chi connectivity index (χ0v) is 15.7. The van der Waals surface area contributed by atoms with Crippen LogP contribution in [0.5, 0.6) is 0 Å². The third-order valence-corrected chi connectivity index (χ3v) is 7.35. The highest BCUT2D eigenvalue weighted by Gasteiger charge is 2.33. The molecule has 0 fully saturated rings. The molecule has 1 amide bonds. The normalized spacial score (nSPS) is 14.0. The highest BCUT2D eigenvalue weighted by molar-refractivity contribution is 7.94. The van der Waals surface area contributed by atoms with Crippen LogP contribution in [0.25, 0.3) is 0 Å². The van der Waals surface area contributed by atoms with Gasteiger partial charge in [-0.1, -0.05) is 43.4 Å². The Bertz CT molecular complexity index is 875. The van der Waals surface area contributed by atoms with Crippen LogP contribution in [0.1, 0.15) is 32.3 Å². The lowest BCUT2D eigenvalue weighted by Crippen LogP contribution is -2.29. The summed E-state index contributed by atoms with van der Waals surface area (Å²) in [6, 6.07) is 7.42. The predicted octanol–water partition coefficient (Wildman–Crippen LogP) is 2.66. The SMILES string of the molecule is CCC(CC)C(=O)Nc1nnc(S(=O)(=O)N2CCc3ccccc32)s1. The first-order valence-corrected chi connectivity index (χ1v) is 10.5. The molecule has 0 spiro atoms. The smallest absolute Gasteiger partial charge is 0.293 e. The number of hydrogen-bond acceptors (Lipinski definition) is 6. The molecule has 2 aromatic rings. The zero-order chi connectivity index (χ0) is 18.0. The molecule has 0 saturated carbocycles. The van der Waals surface area contributed by atoms with Crippen LogP contribution in [0.4, 0.5) is 10.8 Å². The molecule has 134 valence electrons. The Kier molecular flexibility index (Phi) is 5.05. The van der Waals surface area contributed by atoms with E-state index in [1.807, 2.05) is 32.0 Å². The molecule has 0 radical (unpaired) electrons. The minimum absolute atomic E-state index is 0.107. The van der Waals surface area contributed by atoms with Gasteiger partial charge in [0.1, 0.15) is 0 Å². The fourth-order valence-electron chi connectivity index (χ4n) is 2.88. The van der Waals surface area contributed by atoms with E-state index in [4.69, 9.17) is 0 Å². The summed E-state index contributed by atoms with van der Waals surface area (Å²) < 4.78 is 27.0. The number of anilines is 2. The standard InChI is InChI=1S/C16H20N4O3S2/c1-3-11(4-2)14(21)17-15-18-19-16(24-15)25(22,23)20-10-9-12-7-5-6-8-13(12)20/h5-8,11H,3-4,9-10H2,1-2H3,(H,17,18,21). The monoisotopic (exact) mass is 380 g/mol. The number of nitrogens with zero attached hydrogens (tertiary/aromatic N) is 3. The van der Waals surface area contributed by atoms with E-state index in [1.165, 1.54) is 4.31 Å². The Morgan fingerprint density at radius 3 is 2.72 bits per heavy atom. The van der Waals surface area contributed by atoms with Crippen molar-refractivity contribution < 1.29 is 13.2 Å². The van der Waals surface area contributed by atoms with Crippen molar-refractivity contribution in [1.82, 2.24) is 10.2 Å². The van der Waals surface area contributed by atoms with Crippen LogP contribution in [0.2, 0.25) is 0 Å². The first-order valence-electron chi connectivity index (χ1n) is 8.22. The molecule has 7 nitrogen and oxygen atoms in total. The van der Waals surface area contributed by atoms with Gasteiger partial charge in [-0.15, -0.1) is 10.2 Å². The number of para-hydroxylation sites is 1. The summed E-state index contributed by atoms with van der Waals surface area (Å²) in [6.45, 7) is 4.26. The maximum Gasteiger partial charge on any atom is 0.293 e. The summed E-state index contributed by atoms with van der Waals surface area (Å²) in [6.07, 6.45) is 2.11. The van der Waals surface area contributed by atoms with Crippen molar-refractivity contribution in [2.24, 2.45) is 5.92 Å². The molecular weight excluding hydrogens is 360 g/mol. The van der Waals surface area contributed by atoms with Gasteiger partial charge >= 0.3 is 0 Å². The van der Waals surface area contributed by atoms with Crippen LogP contribution in [-0.2, 0) is 21.2 Å². The lowest BCUT2D eigenvalue weighted by molar-refractivity contribution is -0.120. The van der Waals surface area contributed by atoms with E-state index in [0.717, 1.165) is 29.7 Å². The predicted molar refractivity (Wildman–Crippen MR) is 97.3 cm³/mol. The molecule has 0 bridgehead atoms. The van der Waals surface area contributed by atoms with Gasteiger partial charge in [0.05, 0.1) is 5.69 Å². The molecule has 9 heteroatoms. The highest BCUT2D eigenvalue weighted by Crippen LogP contribution is 2.34. The molecule has 0 unspecified atom stereocenters. The molecule has 1 aromatic heterocycles. The van der Waals surface area contributed by atoms with E-state index in [2.05, 4.69) is 15.5 Å². The number of hydrogen-bond donors (Lipinski definition) is 1. The third kappa shape index (κ3) is 3.38. The van der Waals surface area contributed by atoms with Crippen LogP contribution < -0.4 is 9.62 Å². The Labute approximate surface area is 151 Å². The van der Waals surface area contributed by atoms with Crippen molar-refractivity contribution in [3.05, 3.63) is 29.8 Å². The minimum Gasteiger partial charge on any atom is -0.300 e. The Balaban J connectivity index is 1.81. The lowest BCUT2D eigenvalue weighted by atomic mass is 10.0. The molecule has 25 heavy (non-hydrogen) atoms. The maximum atomic E-state index is 12.9. The van der Waals surface area contributed by atoms with E-state index < -0.39 is 10.0 Å². The van der Waals surface area contributed by atoms with Crippen LogP contribution >= 0.6 is 11.3 Å². The fourth-order valence-corrected chi connectivity index (χ4v) is 5.39. The summed E-state index contributed by atoms with van der Waals surface area (Å²) in [5.74, 6) is -0.272. The molecule has 2 heterocycles. The van der Waals surface area contributed by atoms with Gasteiger partial charge in [-0.3, -0.25) is 9.10 Å². The van der Waals surface area contributed by atoms with Crippen molar-refractivity contribution in [3.63, 3.8) is 0 Å². The highest BCUT2D eigenvalue weighted by atomic mass is 32.2. The number of amides is 1. The van der Waals surface area contributed by atoms with Crippen molar-refractivity contribution in [2.75, 3.05) is 16.2 Å². The van der Waals surface area contributed by atoms with Gasteiger partial charge in [0, 0.05) is 12.5 Å². The molecular formula is C16H20N4O3S2. The van der Waals surface area contributed by atoms with Gasteiger partial charge in [-0.05, 0) is 30.9 Å². The molecule has 1 aliphatic heterocycles. The summed E-state index contributed by atoms with van der Waals surface area (Å²) >= 11 is 0.884. The second-order valence-electron chi connectivity index (χ2n) is 5.83. The number of carbonyl (C=O) groups excluding carboxylic acids is 1. The molecule has 1 aliphatic rings. The van der Waals surface area contributed by atoms with Gasteiger partial charge in [0.2, 0.25) is 11.0 Å². The van der Waals surface area contributed by atoms with Crippen molar-refractivity contribution in [1.29, 1.82) is 0 Å². The Morgan fingerprint density at radius 1 is 1.28 bits per heavy atom. The third-order valence-electron chi connectivity index (χ3n) is 4.35. The Hall–Kier alpha value is -2.00. The molecule has 0 saturated heterocycles. The summed E-state index contributed by atoms with van der Waals surface area (Å²) in [7, 11) is -3.77. The van der Waals surface area contributed by atoms with Crippen LogP contribution in [0.15, 0.2) is 28.6 Å². The van der Waals surface area contributed by atoms with Crippen LogP contribution in [-0.4, -0.2) is 31.1 Å². The van der Waals surface area contributed by atoms with Crippen molar-refractivity contribution in [2.45, 2.75) is 37.4 Å². The van der Waals surface area contributed by atoms with Gasteiger partial charge in [0.15, 0.2) is 0 Å². The Morgan fingerprint density at radius 2 is 2.00 bits per heavy atom. The van der Waals surface area contributed by atoms with Crippen molar-refractivity contribution in [3.8, 4) is 0 Å². The number of benzene rings is 1. The minimum atomic E-state index is -3.77. The molecule has 1 N–H and O–H groups in total. The first-order chi connectivity index (χ1) is 12.0. The van der Waals surface area contributed by atoms with Crippen molar-refractivity contribution >= 4 is 38.1 Å². The molecule has 0 aliphatic carbocycles. The van der Waals surface area contributed by atoms with Gasteiger partial charge in [-0.2, -0.15) is 8.42 Å². The quantitative estimate of drug-likeness (QED) is 0.778. The molecule has 0 atom stereocenters. The summed E-state index contributed by atoms with van der Waals surface area (Å²) in [5, 5.41) is 10.5. The number of fused-ring (bicyclic) bond motifs is 1. The van der Waals surface area contributed by atoms with Crippen LogP contribution in [0.3, 0.4) is 0 Å². The number of carbonyl (C=O) groups is 1. The van der Waals surface area contributed by atoms with Gasteiger partial charge in [0.25, 0.3) is 14.4 Å². The average molecular weight is 380 g/mol. The summed E-state index contributed by atoms with van der Waals surface area (Å²) in [5.41, 5.74) is 1.68. The van der Waals surface area contributed by atoms with Crippen LogP contribution in [0, 0.1) is 5.92 Å². The molecule has 1 aromatic carbocycles. The zero-order valence-electron chi connectivity index (χ0n) is 14.1. The van der Waals surface area contributed by atoms with Gasteiger partial charge < -0.3 is 5.32 Å². The second kappa shape index (κ2) is 7.09. The van der Waals surface area contributed by atoms with E-state index >= 15 is 0 Å². The summed E-state index contributed by atoms with van der Waals surface area (Å²) in [4.78, 5) is 12.1. The van der Waals surface area contributed by atoms with E-state index in [1.54, 1.807) is 6.07 Å². The number of nitrogens with one attached hydrogen (secondary N) is 1. The number of rotatable bonds is 6. The largest absolute Gasteiger partial charge is 0.300 e. The first kappa shape index (κ1) is 17.8. The van der Waals surface area contributed by atoms with E-state index in [9.17, 15) is 13.2 Å². The lowest BCUT2D eigenvalue weighted by Gasteiger charge is -2.17. The topological polar surface area (TPSA) is 92.3 Å². The van der Waals surface area contributed by atoms with Gasteiger partial charge in [-0.25, -0.2) is 0 Å². The fraction of sp³-hybridized carbons (Fsp3) is 0.438. The number of aromatic nitrogens is 2. The van der Waals surface area contributed by atoms with E-state index in [0.29, 0.717) is 18.7 Å².